The molecule has 0 bridgehead atoms. The van der Waals surface area contributed by atoms with Crippen LogP contribution in [0, 0.1) is 3.70 Å². The normalized spacial score (nSPS) is 12.0. The Morgan fingerprint density at radius 1 is 1.10 bits per heavy atom. The Hall–Kier alpha value is -1.64. The molecular formula is C13H7F3IN3. The molecule has 0 radical (unpaired) electrons. The van der Waals surface area contributed by atoms with Crippen LogP contribution in [0.25, 0.3) is 16.9 Å². The van der Waals surface area contributed by atoms with Crippen molar-refractivity contribution < 1.29 is 13.2 Å². The van der Waals surface area contributed by atoms with E-state index in [-0.39, 0.29) is 0 Å². The fourth-order valence-electron chi connectivity index (χ4n) is 1.85. The summed E-state index contributed by atoms with van der Waals surface area (Å²) >= 11 is 2.07. The van der Waals surface area contributed by atoms with Crippen molar-refractivity contribution in [1.29, 1.82) is 0 Å². The summed E-state index contributed by atoms with van der Waals surface area (Å²) in [4.78, 5) is 4.12. The van der Waals surface area contributed by atoms with Crippen LogP contribution in [0.3, 0.4) is 0 Å². The third-order valence-corrected chi connectivity index (χ3v) is 3.54. The molecule has 3 nitrogen and oxygen atoms in total. The monoisotopic (exact) mass is 389 g/mol. The molecule has 0 fully saturated rings. The minimum Gasteiger partial charge on any atom is -0.234 e. The fraction of sp³-hybridized carbons (Fsp3) is 0.0769. The number of imidazole rings is 1. The van der Waals surface area contributed by atoms with Gasteiger partial charge < -0.3 is 0 Å². The van der Waals surface area contributed by atoms with Gasteiger partial charge in [0.2, 0.25) is 0 Å². The average molecular weight is 389 g/mol. The van der Waals surface area contributed by atoms with Crippen LogP contribution in [0.4, 0.5) is 13.2 Å². The van der Waals surface area contributed by atoms with Crippen LogP contribution < -0.4 is 0 Å². The molecule has 0 atom stereocenters. The SMILES string of the molecule is FC(F)(F)c1cccc(-c2ccc3ncc(I)n3n2)c1. The van der Waals surface area contributed by atoms with Crippen LogP contribution in [-0.2, 0) is 6.18 Å². The number of hydrogen-bond donors (Lipinski definition) is 0. The summed E-state index contributed by atoms with van der Waals surface area (Å²) < 4.78 is 40.5. The Kier molecular flexibility index (Phi) is 3.15. The first-order valence-electron chi connectivity index (χ1n) is 5.63. The maximum atomic E-state index is 12.7. The topological polar surface area (TPSA) is 30.2 Å². The van der Waals surface area contributed by atoms with Crippen molar-refractivity contribution in [1.82, 2.24) is 14.6 Å². The van der Waals surface area contributed by atoms with E-state index in [0.717, 1.165) is 15.8 Å². The zero-order valence-electron chi connectivity index (χ0n) is 9.89. The van der Waals surface area contributed by atoms with Gasteiger partial charge >= 0.3 is 6.18 Å². The van der Waals surface area contributed by atoms with Crippen LogP contribution in [-0.4, -0.2) is 14.6 Å². The van der Waals surface area contributed by atoms with Gasteiger partial charge in [-0.3, -0.25) is 0 Å². The lowest BCUT2D eigenvalue weighted by Crippen LogP contribution is -2.05. The van der Waals surface area contributed by atoms with Crippen molar-refractivity contribution in [2.24, 2.45) is 0 Å². The van der Waals surface area contributed by atoms with E-state index in [0.29, 0.717) is 16.9 Å². The molecule has 1 aromatic carbocycles. The first-order valence-corrected chi connectivity index (χ1v) is 6.71. The first-order chi connectivity index (χ1) is 9.45. The number of aromatic nitrogens is 3. The highest BCUT2D eigenvalue weighted by molar-refractivity contribution is 14.1. The van der Waals surface area contributed by atoms with Crippen molar-refractivity contribution in [2.45, 2.75) is 6.18 Å². The molecule has 0 N–H and O–H groups in total. The number of nitrogens with zero attached hydrogens (tertiary/aromatic N) is 3. The highest BCUT2D eigenvalue weighted by Gasteiger charge is 2.30. The van der Waals surface area contributed by atoms with Gasteiger partial charge in [-0.2, -0.15) is 18.3 Å². The number of alkyl halides is 3. The molecular weight excluding hydrogens is 382 g/mol. The lowest BCUT2D eigenvalue weighted by atomic mass is 10.1. The number of halogens is 4. The fourth-order valence-corrected chi connectivity index (χ4v) is 2.35. The van der Waals surface area contributed by atoms with Crippen LogP contribution in [0.15, 0.2) is 42.6 Å². The molecule has 20 heavy (non-hydrogen) atoms. The second kappa shape index (κ2) is 4.72. The second-order valence-electron chi connectivity index (χ2n) is 4.15. The molecule has 0 saturated carbocycles. The van der Waals surface area contributed by atoms with Crippen molar-refractivity contribution in [2.75, 3.05) is 0 Å². The second-order valence-corrected chi connectivity index (χ2v) is 5.25. The number of hydrogen-bond acceptors (Lipinski definition) is 2. The summed E-state index contributed by atoms with van der Waals surface area (Å²) in [6.07, 6.45) is -2.71. The van der Waals surface area contributed by atoms with Crippen molar-refractivity contribution in [3.63, 3.8) is 0 Å². The third-order valence-electron chi connectivity index (χ3n) is 2.81. The third kappa shape index (κ3) is 2.37. The van der Waals surface area contributed by atoms with E-state index < -0.39 is 11.7 Å². The van der Waals surface area contributed by atoms with Crippen LogP contribution in [0.1, 0.15) is 5.56 Å². The zero-order valence-corrected chi connectivity index (χ0v) is 12.1. The molecule has 0 saturated heterocycles. The molecule has 0 aliphatic heterocycles. The highest BCUT2D eigenvalue weighted by atomic mass is 127. The Morgan fingerprint density at radius 2 is 1.90 bits per heavy atom. The van der Waals surface area contributed by atoms with Gasteiger partial charge in [-0.25, -0.2) is 9.50 Å². The standard InChI is InChI=1S/C13H7F3IN3/c14-13(15,16)9-3-1-2-8(6-9)10-4-5-12-18-7-11(17)20(12)19-10/h1-7H. The van der Waals surface area contributed by atoms with E-state index in [1.807, 2.05) is 0 Å². The molecule has 0 unspecified atom stereocenters. The number of rotatable bonds is 1. The number of fused-ring (bicyclic) bond motifs is 1. The minimum atomic E-state index is -4.36. The van der Waals surface area contributed by atoms with Crippen molar-refractivity contribution in [3.05, 3.63) is 51.9 Å². The van der Waals surface area contributed by atoms with Crippen LogP contribution >= 0.6 is 22.6 Å². The molecule has 102 valence electrons. The van der Waals surface area contributed by atoms with E-state index in [9.17, 15) is 13.2 Å². The van der Waals surface area contributed by atoms with Gasteiger partial charge in [0.1, 0.15) is 3.70 Å². The lowest BCUT2D eigenvalue weighted by molar-refractivity contribution is -0.137. The molecule has 0 amide bonds. The summed E-state index contributed by atoms with van der Waals surface area (Å²) in [7, 11) is 0. The van der Waals surface area contributed by atoms with Gasteiger partial charge in [0.25, 0.3) is 0 Å². The smallest absolute Gasteiger partial charge is 0.234 e. The molecule has 0 aliphatic carbocycles. The van der Waals surface area contributed by atoms with Gasteiger partial charge in [0, 0.05) is 5.56 Å². The van der Waals surface area contributed by atoms with E-state index in [1.165, 1.54) is 6.07 Å². The molecule has 0 aliphatic rings. The maximum Gasteiger partial charge on any atom is 0.416 e. The van der Waals surface area contributed by atoms with Crippen molar-refractivity contribution >= 4 is 28.2 Å². The van der Waals surface area contributed by atoms with Gasteiger partial charge in [-0.05, 0) is 46.9 Å². The maximum absolute atomic E-state index is 12.7. The summed E-state index contributed by atoms with van der Waals surface area (Å²) in [5.41, 5.74) is 0.869. The van der Waals surface area contributed by atoms with E-state index in [1.54, 1.807) is 28.9 Å². The quantitative estimate of drug-likeness (QED) is 0.589. The lowest BCUT2D eigenvalue weighted by Gasteiger charge is -2.08. The molecule has 0 spiro atoms. The molecule has 2 aromatic heterocycles. The molecule has 7 heteroatoms. The Balaban J connectivity index is 2.13. The van der Waals surface area contributed by atoms with Crippen LogP contribution in [0.2, 0.25) is 0 Å². The summed E-state index contributed by atoms with van der Waals surface area (Å²) in [5, 5.41) is 4.31. The van der Waals surface area contributed by atoms with E-state index >= 15 is 0 Å². The summed E-state index contributed by atoms with van der Waals surface area (Å²) in [6, 6.07) is 8.51. The van der Waals surface area contributed by atoms with E-state index in [4.69, 9.17) is 0 Å². The Morgan fingerprint density at radius 3 is 2.65 bits per heavy atom. The van der Waals surface area contributed by atoms with Gasteiger partial charge in [-0.15, -0.1) is 0 Å². The van der Waals surface area contributed by atoms with Crippen LogP contribution in [0.5, 0.6) is 0 Å². The number of benzene rings is 1. The zero-order chi connectivity index (χ0) is 14.3. The predicted molar refractivity (Wildman–Crippen MR) is 76.1 cm³/mol. The van der Waals surface area contributed by atoms with Gasteiger partial charge in [-0.1, -0.05) is 12.1 Å². The Bertz CT molecular complexity index is 780. The van der Waals surface area contributed by atoms with Gasteiger partial charge in [0.05, 0.1) is 17.5 Å². The summed E-state index contributed by atoms with van der Waals surface area (Å²) in [5.74, 6) is 0. The largest absolute Gasteiger partial charge is 0.416 e. The summed E-state index contributed by atoms with van der Waals surface area (Å²) in [6.45, 7) is 0. The molecule has 3 aromatic rings. The molecule has 3 rings (SSSR count). The minimum absolute atomic E-state index is 0.422. The van der Waals surface area contributed by atoms with Gasteiger partial charge in [0.15, 0.2) is 5.65 Å². The Labute approximate surface area is 125 Å². The van der Waals surface area contributed by atoms with Crippen molar-refractivity contribution in [3.8, 4) is 11.3 Å². The predicted octanol–water partition coefficient (Wildman–Crippen LogP) is 4.02. The molecule has 2 heterocycles. The first kappa shape index (κ1) is 13.3. The highest BCUT2D eigenvalue weighted by Crippen LogP contribution is 2.31. The average Bonchev–Trinajstić information content (AvgIpc) is 2.79. The van der Waals surface area contributed by atoms with E-state index in [2.05, 4.69) is 32.7 Å².